The van der Waals surface area contributed by atoms with E-state index >= 15 is 0 Å². The molecular weight excluding hydrogens is 164 g/mol. The third kappa shape index (κ3) is 2.43. The van der Waals surface area contributed by atoms with Gasteiger partial charge in [0.2, 0.25) is 10.0 Å². The molecule has 1 aliphatic rings. The summed E-state index contributed by atoms with van der Waals surface area (Å²) in [5.41, 5.74) is 0. The first-order valence-electron chi connectivity index (χ1n) is 3.73. The van der Waals surface area contributed by atoms with Gasteiger partial charge >= 0.3 is 0 Å². The highest BCUT2D eigenvalue weighted by Crippen LogP contribution is 2.02. The van der Waals surface area contributed by atoms with Gasteiger partial charge in [-0.15, -0.1) is 0 Å². The number of nitrogens with one attached hydrogen (secondary N) is 1. The first-order chi connectivity index (χ1) is 5.01. The molecule has 0 radical (unpaired) electrons. The fourth-order valence-corrected chi connectivity index (χ4v) is 1.99. The summed E-state index contributed by atoms with van der Waals surface area (Å²) in [6.45, 7) is 5.21. The van der Waals surface area contributed by atoms with E-state index in [9.17, 15) is 8.42 Å². The highest BCUT2D eigenvalue weighted by atomic mass is 32.2. The lowest BCUT2D eigenvalue weighted by atomic mass is 10.3. The van der Waals surface area contributed by atoms with E-state index in [2.05, 4.69) is 23.5 Å². The molecule has 0 unspecified atom stereocenters. The second-order valence-corrected chi connectivity index (χ2v) is 4.95. The zero-order valence-corrected chi connectivity index (χ0v) is 7.69. The van der Waals surface area contributed by atoms with Gasteiger partial charge in [0.1, 0.15) is 0 Å². The SMILES string of the molecule is CC(C)N1CCS(=O)(=O)NC1. The molecular formula is C6H14N2O2S. The number of hydrogen-bond acceptors (Lipinski definition) is 3. The Hall–Kier alpha value is -0.130. The van der Waals surface area contributed by atoms with Gasteiger partial charge in [0.25, 0.3) is 0 Å². The second-order valence-electron chi connectivity index (χ2n) is 3.03. The van der Waals surface area contributed by atoms with Crippen LogP contribution >= 0.6 is 0 Å². The van der Waals surface area contributed by atoms with Gasteiger partial charge in [-0.3, -0.25) is 4.90 Å². The molecule has 5 heteroatoms. The van der Waals surface area contributed by atoms with Crippen LogP contribution in [0.15, 0.2) is 0 Å². The minimum atomic E-state index is -2.94. The zero-order valence-electron chi connectivity index (χ0n) is 6.87. The third-order valence-electron chi connectivity index (χ3n) is 1.87. The minimum absolute atomic E-state index is 0.227. The summed E-state index contributed by atoms with van der Waals surface area (Å²) in [4.78, 5) is 2.08. The molecule has 0 aromatic carbocycles. The van der Waals surface area contributed by atoms with Crippen LogP contribution in [0.4, 0.5) is 0 Å². The molecule has 0 aliphatic carbocycles. The fourth-order valence-electron chi connectivity index (χ4n) is 1.01. The standard InChI is InChI=1S/C6H14N2O2S/c1-6(2)8-3-4-11(9,10)7-5-8/h6-7H,3-5H2,1-2H3. The first kappa shape index (κ1) is 8.96. The zero-order chi connectivity index (χ0) is 8.48. The highest BCUT2D eigenvalue weighted by molar-refractivity contribution is 7.89. The maximum absolute atomic E-state index is 10.9. The molecule has 1 rings (SSSR count). The van der Waals surface area contributed by atoms with Crippen LogP contribution < -0.4 is 4.72 Å². The lowest BCUT2D eigenvalue weighted by Crippen LogP contribution is -2.50. The smallest absolute Gasteiger partial charge is 0.213 e. The van der Waals surface area contributed by atoms with Crippen molar-refractivity contribution in [2.45, 2.75) is 19.9 Å². The largest absolute Gasteiger partial charge is 0.286 e. The molecule has 11 heavy (non-hydrogen) atoms. The van der Waals surface area contributed by atoms with E-state index < -0.39 is 10.0 Å². The van der Waals surface area contributed by atoms with Crippen LogP contribution in [-0.2, 0) is 10.0 Å². The normalized spacial score (nSPS) is 25.7. The number of sulfonamides is 1. The molecule has 0 saturated carbocycles. The maximum Gasteiger partial charge on any atom is 0.213 e. The molecule has 1 heterocycles. The van der Waals surface area contributed by atoms with Crippen LogP contribution in [0.3, 0.4) is 0 Å². The Balaban J connectivity index is 2.49. The third-order valence-corrected chi connectivity index (χ3v) is 3.15. The molecule has 1 N–H and O–H groups in total. The maximum atomic E-state index is 10.9. The van der Waals surface area contributed by atoms with Crippen molar-refractivity contribution in [2.75, 3.05) is 19.0 Å². The summed E-state index contributed by atoms with van der Waals surface area (Å²) in [6.07, 6.45) is 0. The van der Waals surface area contributed by atoms with E-state index in [0.717, 1.165) is 0 Å². The van der Waals surface area contributed by atoms with Crippen molar-refractivity contribution >= 4 is 10.0 Å². The van der Waals surface area contributed by atoms with E-state index in [1.54, 1.807) is 0 Å². The summed E-state index contributed by atoms with van der Waals surface area (Å²) in [7, 11) is -2.94. The van der Waals surface area contributed by atoms with Gasteiger partial charge in [0, 0.05) is 12.6 Å². The summed E-state index contributed by atoms with van der Waals surface area (Å²) >= 11 is 0. The van der Waals surface area contributed by atoms with Crippen LogP contribution in [0.2, 0.25) is 0 Å². The van der Waals surface area contributed by atoms with Crippen molar-refractivity contribution < 1.29 is 8.42 Å². The summed E-state index contributed by atoms with van der Waals surface area (Å²) < 4.78 is 24.2. The Morgan fingerprint density at radius 3 is 2.45 bits per heavy atom. The molecule has 1 saturated heterocycles. The molecule has 0 atom stereocenters. The second kappa shape index (κ2) is 3.08. The van der Waals surface area contributed by atoms with E-state index in [0.29, 0.717) is 19.3 Å². The molecule has 0 amide bonds. The molecule has 0 spiro atoms. The van der Waals surface area contributed by atoms with Crippen LogP contribution in [0.5, 0.6) is 0 Å². The summed E-state index contributed by atoms with van der Waals surface area (Å²) in [5, 5.41) is 0. The number of nitrogens with zero attached hydrogens (tertiary/aromatic N) is 1. The molecule has 0 aromatic rings. The van der Waals surface area contributed by atoms with Crippen LogP contribution in [-0.4, -0.2) is 38.3 Å². The van der Waals surface area contributed by atoms with Crippen LogP contribution in [0, 0.1) is 0 Å². The van der Waals surface area contributed by atoms with Gasteiger partial charge in [-0.2, -0.15) is 0 Å². The average Bonchev–Trinajstić information content (AvgIpc) is 1.86. The van der Waals surface area contributed by atoms with Gasteiger partial charge in [-0.1, -0.05) is 0 Å². The quantitative estimate of drug-likeness (QED) is 0.593. The van der Waals surface area contributed by atoms with E-state index in [-0.39, 0.29) is 5.75 Å². The lowest BCUT2D eigenvalue weighted by molar-refractivity contribution is 0.221. The Morgan fingerprint density at radius 1 is 1.45 bits per heavy atom. The Labute approximate surface area is 67.6 Å². The highest BCUT2D eigenvalue weighted by Gasteiger charge is 2.21. The first-order valence-corrected chi connectivity index (χ1v) is 5.38. The van der Waals surface area contributed by atoms with Gasteiger partial charge in [-0.25, -0.2) is 13.1 Å². The predicted octanol–water partition coefficient (Wildman–Crippen LogP) is -0.413. The minimum Gasteiger partial charge on any atom is -0.286 e. The van der Waals surface area contributed by atoms with Gasteiger partial charge < -0.3 is 0 Å². The Bertz CT molecular complexity index is 209. The average molecular weight is 178 g/mol. The van der Waals surface area contributed by atoms with Crippen LogP contribution in [0.25, 0.3) is 0 Å². The Kier molecular flexibility index (Phi) is 2.51. The van der Waals surface area contributed by atoms with Crippen molar-refractivity contribution in [2.24, 2.45) is 0 Å². The predicted molar refractivity (Wildman–Crippen MR) is 43.6 cm³/mol. The molecule has 0 bridgehead atoms. The number of hydrogen-bond donors (Lipinski definition) is 1. The fraction of sp³-hybridized carbons (Fsp3) is 1.00. The van der Waals surface area contributed by atoms with Crippen molar-refractivity contribution in [3.05, 3.63) is 0 Å². The van der Waals surface area contributed by atoms with Crippen molar-refractivity contribution in [3.63, 3.8) is 0 Å². The monoisotopic (exact) mass is 178 g/mol. The lowest BCUT2D eigenvalue weighted by Gasteiger charge is -2.30. The molecule has 1 aliphatic heterocycles. The molecule has 4 nitrogen and oxygen atoms in total. The van der Waals surface area contributed by atoms with Gasteiger partial charge in [0.05, 0.1) is 12.4 Å². The van der Waals surface area contributed by atoms with Crippen LogP contribution in [0.1, 0.15) is 13.8 Å². The topological polar surface area (TPSA) is 49.4 Å². The van der Waals surface area contributed by atoms with E-state index in [1.165, 1.54) is 0 Å². The van der Waals surface area contributed by atoms with Crippen molar-refractivity contribution in [1.82, 2.24) is 9.62 Å². The summed E-state index contributed by atoms with van der Waals surface area (Å²) in [6, 6.07) is 0.415. The van der Waals surface area contributed by atoms with E-state index in [4.69, 9.17) is 0 Å². The molecule has 0 aromatic heterocycles. The number of rotatable bonds is 1. The van der Waals surface area contributed by atoms with Gasteiger partial charge in [0.15, 0.2) is 0 Å². The van der Waals surface area contributed by atoms with Crippen molar-refractivity contribution in [3.8, 4) is 0 Å². The molecule has 1 fully saturated rings. The van der Waals surface area contributed by atoms with Crippen molar-refractivity contribution in [1.29, 1.82) is 0 Å². The summed E-state index contributed by atoms with van der Waals surface area (Å²) in [5.74, 6) is 0.227. The Morgan fingerprint density at radius 2 is 2.09 bits per heavy atom. The van der Waals surface area contributed by atoms with E-state index in [1.807, 2.05) is 0 Å². The molecule has 66 valence electrons. The van der Waals surface area contributed by atoms with Gasteiger partial charge in [-0.05, 0) is 13.8 Å².